The van der Waals surface area contributed by atoms with Crippen LogP contribution in [-0.2, 0) is 0 Å². The van der Waals surface area contributed by atoms with E-state index in [4.69, 9.17) is 4.99 Å². The highest BCUT2D eigenvalue weighted by Gasteiger charge is 2.41. The number of fused-ring (bicyclic) bond motifs is 1. The smallest absolute Gasteiger partial charge is 0.197 e. The van der Waals surface area contributed by atoms with E-state index in [1.54, 1.807) is 0 Å². The minimum atomic E-state index is 0.0192. The summed E-state index contributed by atoms with van der Waals surface area (Å²) in [4.78, 5) is 9.66. The first kappa shape index (κ1) is 11.7. The molecule has 2 aliphatic rings. The van der Waals surface area contributed by atoms with Crippen LogP contribution in [0.3, 0.4) is 0 Å². The second-order valence-electron chi connectivity index (χ2n) is 6.22. The minimum Gasteiger partial charge on any atom is -0.341 e. The zero-order chi connectivity index (χ0) is 11.9. The lowest BCUT2D eigenvalue weighted by Gasteiger charge is -2.29. The van der Waals surface area contributed by atoms with Crippen LogP contribution in [-0.4, -0.2) is 47.5 Å². The molecule has 2 unspecified atom stereocenters. The number of guanidine groups is 1. The normalized spacial score (nSPS) is 30.7. The Balaban J connectivity index is 2.25. The summed E-state index contributed by atoms with van der Waals surface area (Å²) < 4.78 is 0. The molecule has 16 heavy (non-hydrogen) atoms. The van der Waals surface area contributed by atoms with E-state index in [1.165, 1.54) is 31.6 Å². The molecule has 0 radical (unpaired) electrons. The first-order valence-electron chi connectivity index (χ1n) is 6.46. The maximum atomic E-state index is 4.86. The van der Waals surface area contributed by atoms with Crippen LogP contribution in [0.4, 0.5) is 0 Å². The second kappa shape index (κ2) is 3.94. The van der Waals surface area contributed by atoms with Crippen LogP contribution in [0.25, 0.3) is 0 Å². The Morgan fingerprint density at radius 2 is 1.44 bits per heavy atom. The van der Waals surface area contributed by atoms with Gasteiger partial charge in [-0.3, -0.25) is 0 Å². The molecule has 0 aromatic heterocycles. The topological polar surface area (TPSA) is 18.8 Å². The van der Waals surface area contributed by atoms with Crippen LogP contribution in [0.15, 0.2) is 4.99 Å². The van der Waals surface area contributed by atoms with Gasteiger partial charge in [0, 0.05) is 14.1 Å². The van der Waals surface area contributed by atoms with E-state index < -0.39 is 0 Å². The molecular weight excluding hydrogens is 198 g/mol. The van der Waals surface area contributed by atoms with Gasteiger partial charge in [-0.05, 0) is 33.6 Å². The van der Waals surface area contributed by atoms with E-state index in [2.05, 4.69) is 44.7 Å². The minimum absolute atomic E-state index is 0.0192. The van der Waals surface area contributed by atoms with Crippen LogP contribution >= 0.6 is 0 Å². The highest BCUT2D eigenvalue weighted by Crippen LogP contribution is 2.32. The Bertz CT molecular complexity index is 270. The molecule has 1 aliphatic carbocycles. The molecule has 0 aromatic rings. The summed E-state index contributed by atoms with van der Waals surface area (Å²) in [6, 6.07) is 1.39. The molecule has 0 bridgehead atoms. The molecule has 0 N–H and O–H groups in total. The maximum absolute atomic E-state index is 4.86. The Hall–Kier alpha value is -0.730. The number of likely N-dealkylation sites (N-methyl/N-ethyl adjacent to an activating group) is 2. The van der Waals surface area contributed by atoms with Crippen molar-refractivity contribution in [3.05, 3.63) is 0 Å². The van der Waals surface area contributed by atoms with Gasteiger partial charge >= 0.3 is 0 Å². The summed E-state index contributed by atoms with van der Waals surface area (Å²) in [7, 11) is 4.41. The standard InChI is InChI=1S/C13H25N3/c1-13(2,3)14-12-15(4)10-8-6-7-9-11(10)16(12)5/h10-11H,6-9H2,1-5H3. The average Bonchev–Trinajstić information content (AvgIpc) is 2.43. The van der Waals surface area contributed by atoms with E-state index in [9.17, 15) is 0 Å². The van der Waals surface area contributed by atoms with Gasteiger partial charge in [0.05, 0.1) is 17.6 Å². The number of aliphatic imine (C=N–C) groups is 1. The van der Waals surface area contributed by atoms with Gasteiger partial charge in [0.25, 0.3) is 0 Å². The Labute approximate surface area is 99.5 Å². The lowest BCUT2D eigenvalue weighted by molar-refractivity contribution is 0.233. The van der Waals surface area contributed by atoms with Crippen molar-refractivity contribution in [3.8, 4) is 0 Å². The van der Waals surface area contributed by atoms with E-state index in [1.807, 2.05) is 0 Å². The average molecular weight is 223 g/mol. The zero-order valence-electron chi connectivity index (χ0n) is 11.3. The summed E-state index contributed by atoms with van der Waals surface area (Å²) >= 11 is 0. The van der Waals surface area contributed by atoms with Crippen LogP contribution in [0.1, 0.15) is 46.5 Å². The third-order valence-electron chi connectivity index (χ3n) is 3.76. The molecule has 0 spiro atoms. The predicted molar refractivity (Wildman–Crippen MR) is 68.8 cm³/mol. The molecule has 3 nitrogen and oxygen atoms in total. The molecule has 1 saturated carbocycles. The lowest BCUT2D eigenvalue weighted by Crippen LogP contribution is -2.37. The summed E-state index contributed by atoms with van der Waals surface area (Å²) in [6.45, 7) is 6.51. The van der Waals surface area contributed by atoms with Gasteiger partial charge in [0.15, 0.2) is 5.96 Å². The first-order valence-corrected chi connectivity index (χ1v) is 6.46. The van der Waals surface area contributed by atoms with Crippen molar-refractivity contribution in [3.63, 3.8) is 0 Å². The fourth-order valence-corrected chi connectivity index (χ4v) is 3.00. The molecule has 92 valence electrons. The molecule has 2 atom stereocenters. The van der Waals surface area contributed by atoms with Crippen molar-refractivity contribution in [2.75, 3.05) is 14.1 Å². The maximum Gasteiger partial charge on any atom is 0.197 e. The fraction of sp³-hybridized carbons (Fsp3) is 0.923. The molecule has 1 aliphatic heterocycles. The van der Waals surface area contributed by atoms with E-state index in [-0.39, 0.29) is 5.54 Å². The van der Waals surface area contributed by atoms with Crippen molar-refractivity contribution in [2.24, 2.45) is 4.99 Å². The van der Waals surface area contributed by atoms with Gasteiger partial charge in [0.2, 0.25) is 0 Å². The Morgan fingerprint density at radius 1 is 1.00 bits per heavy atom. The van der Waals surface area contributed by atoms with Gasteiger partial charge in [-0.15, -0.1) is 0 Å². The van der Waals surface area contributed by atoms with Gasteiger partial charge in [0.1, 0.15) is 0 Å². The highest BCUT2D eigenvalue weighted by atomic mass is 15.5. The summed E-state index contributed by atoms with van der Waals surface area (Å²) in [6.07, 6.45) is 5.41. The van der Waals surface area contributed by atoms with Crippen molar-refractivity contribution < 1.29 is 0 Å². The summed E-state index contributed by atoms with van der Waals surface area (Å²) in [5, 5.41) is 0. The largest absolute Gasteiger partial charge is 0.341 e. The number of rotatable bonds is 0. The van der Waals surface area contributed by atoms with Gasteiger partial charge in [-0.25, -0.2) is 4.99 Å². The predicted octanol–water partition coefficient (Wildman–Crippen LogP) is 2.33. The SMILES string of the molecule is CN1C(=NC(C)(C)C)N(C)C2CCCCC21. The quantitative estimate of drug-likeness (QED) is 0.627. The molecular formula is C13H25N3. The monoisotopic (exact) mass is 223 g/mol. The molecule has 1 saturated heterocycles. The van der Waals surface area contributed by atoms with Crippen molar-refractivity contribution in [2.45, 2.75) is 64.1 Å². The van der Waals surface area contributed by atoms with Crippen LogP contribution in [0.5, 0.6) is 0 Å². The molecule has 0 amide bonds. The van der Waals surface area contributed by atoms with Crippen molar-refractivity contribution >= 4 is 5.96 Å². The lowest BCUT2D eigenvalue weighted by atomic mass is 9.91. The van der Waals surface area contributed by atoms with Crippen molar-refractivity contribution in [1.82, 2.24) is 9.80 Å². The van der Waals surface area contributed by atoms with Crippen LogP contribution in [0, 0.1) is 0 Å². The molecule has 1 heterocycles. The van der Waals surface area contributed by atoms with E-state index in [0.717, 1.165) is 0 Å². The van der Waals surface area contributed by atoms with Gasteiger partial charge in [-0.1, -0.05) is 12.8 Å². The van der Waals surface area contributed by atoms with Crippen molar-refractivity contribution in [1.29, 1.82) is 0 Å². The Morgan fingerprint density at radius 3 is 1.81 bits per heavy atom. The van der Waals surface area contributed by atoms with E-state index >= 15 is 0 Å². The zero-order valence-corrected chi connectivity index (χ0v) is 11.3. The number of nitrogens with zero attached hydrogens (tertiary/aromatic N) is 3. The molecule has 3 heteroatoms. The number of hydrogen-bond acceptors (Lipinski definition) is 1. The summed E-state index contributed by atoms with van der Waals surface area (Å²) in [5.74, 6) is 1.18. The third kappa shape index (κ3) is 2.04. The molecule has 2 rings (SSSR count). The summed E-state index contributed by atoms with van der Waals surface area (Å²) in [5.41, 5.74) is 0.0192. The Kier molecular flexibility index (Phi) is 2.89. The van der Waals surface area contributed by atoms with E-state index in [0.29, 0.717) is 12.1 Å². The molecule has 2 fully saturated rings. The highest BCUT2D eigenvalue weighted by molar-refractivity contribution is 5.83. The first-order chi connectivity index (χ1) is 7.40. The molecule has 0 aromatic carbocycles. The van der Waals surface area contributed by atoms with Crippen LogP contribution in [0.2, 0.25) is 0 Å². The van der Waals surface area contributed by atoms with Crippen LogP contribution < -0.4 is 0 Å². The van der Waals surface area contributed by atoms with Gasteiger partial charge in [-0.2, -0.15) is 0 Å². The number of hydrogen-bond donors (Lipinski definition) is 0. The fourth-order valence-electron chi connectivity index (χ4n) is 3.00. The second-order valence-corrected chi connectivity index (χ2v) is 6.22. The third-order valence-corrected chi connectivity index (χ3v) is 3.76. The van der Waals surface area contributed by atoms with Gasteiger partial charge < -0.3 is 9.80 Å².